The van der Waals surface area contributed by atoms with Gasteiger partial charge in [0.15, 0.2) is 18.9 Å². The average molecular weight is 176 g/mol. The molecule has 13 heavy (non-hydrogen) atoms. The zero-order chi connectivity index (χ0) is 9.68. The summed E-state index contributed by atoms with van der Waals surface area (Å²) in [5, 5.41) is 0. The second kappa shape index (κ2) is 4.80. The van der Waals surface area contributed by atoms with Crippen LogP contribution in [0.1, 0.15) is 25.8 Å². The summed E-state index contributed by atoms with van der Waals surface area (Å²) in [4.78, 5) is 0. The molecule has 0 saturated heterocycles. The predicted molar refractivity (Wildman–Crippen MR) is 56.2 cm³/mol. The van der Waals surface area contributed by atoms with Crippen LogP contribution in [0.25, 0.3) is 6.08 Å². The molecule has 0 radical (unpaired) electrons. The molecular weight excluding hydrogens is 158 g/mol. The third-order valence-electron chi connectivity index (χ3n) is 2.37. The molecule has 0 bridgehead atoms. The van der Waals surface area contributed by atoms with Crippen LogP contribution in [-0.4, -0.2) is 0 Å². The average Bonchev–Trinajstić information content (AvgIpc) is 2.19. The van der Waals surface area contributed by atoms with Crippen molar-refractivity contribution < 1.29 is 4.57 Å². The summed E-state index contributed by atoms with van der Waals surface area (Å²) in [5.74, 6) is 0.750. The van der Waals surface area contributed by atoms with E-state index in [-0.39, 0.29) is 0 Å². The molecule has 0 spiro atoms. The summed E-state index contributed by atoms with van der Waals surface area (Å²) >= 11 is 0. The standard InChI is InChI=1S/C12H18N/c1-4-11(3)10-13-8-6-12(5-2)7-9-13/h5-9,11H,2,4,10H2,1,3H3/q+1/t11-/m0/s1. The minimum atomic E-state index is 0.750. The maximum atomic E-state index is 3.73. The van der Waals surface area contributed by atoms with Crippen molar-refractivity contribution in [3.8, 4) is 0 Å². The summed E-state index contributed by atoms with van der Waals surface area (Å²) in [7, 11) is 0. The Balaban J connectivity index is 2.63. The molecule has 1 nitrogen and oxygen atoms in total. The van der Waals surface area contributed by atoms with Gasteiger partial charge in [-0.15, -0.1) is 0 Å². The highest BCUT2D eigenvalue weighted by molar-refractivity contribution is 5.44. The van der Waals surface area contributed by atoms with Crippen LogP contribution in [0.3, 0.4) is 0 Å². The van der Waals surface area contributed by atoms with E-state index in [4.69, 9.17) is 0 Å². The quantitative estimate of drug-likeness (QED) is 0.621. The fraction of sp³-hybridized carbons (Fsp3) is 0.417. The van der Waals surface area contributed by atoms with Crippen LogP contribution in [0.2, 0.25) is 0 Å². The Morgan fingerprint density at radius 1 is 1.46 bits per heavy atom. The molecular formula is C12H18N+. The van der Waals surface area contributed by atoms with E-state index in [2.05, 4.69) is 49.5 Å². The van der Waals surface area contributed by atoms with Gasteiger partial charge in [-0.2, -0.15) is 0 Å². The van der Waals surface area contributed by atoms with Crippen molar-refractivity contribution in [1.82, 2.24) is 0 Å². The van der Waals surface area contributed by atoms with Crippen molar-refractivity contribution >= 4 is 6.08 Å². The third-order valence-corrected chi connectivity index (χ3v) is 2.37. The van der Waals surface area contributed by atoms with Crippen LogP contribution in [-0.2, 0) is 6.54 Å². The van der Waals surface area contributed by atoms with E-state index < -0.39 is 0 Å². The molecule has 1 aromatic heterocycles. The molecule has 0 amide bonds. The van der Waals surface area contributed by atoms with Crippen LogP contribution < -0.4 is 4.57 Å². The topological polar surface area (TPSA) is 3.88 Å². The van der Waals surface area contributed by atoms with Crippen LogP contribution in [0.5, 0.6) is 0 Å². The first-order valence-electron chi connectivity index (χ1n) is 4.87. The molecule has 0 aliphatic heterocycles. The van der Waals surface area contributed by atoms with E-state index in [0.717, 1.165) is 12.5 Å². The predicted octanol–water partition coefficient (Wildman–Crippen LogP) is 2.66. The Morgan fingerprint density at radius 2 is 2.08 bits per heavy atom. The molecule has 0 N–H and O–H groups in total. The molecule has 1 heterocycles. The maximum Gasteiger partial charge on any atom is 0.169 e. The van der Waals surface area contributed by atoms with Crippen LogP contribution in [0.15, 0.2) is 31.1 Å². The van der Waals surface area contributed by atoms with Gasteiger partial charge in [-0.3, -0.25) is 0 Å². The van der Waals surface area contributed by atoms with Gasteiger partial charge in [0.2, 0.25) is 0 Å². The third kappa shape index (κ3) is 3.02. The highest BCUT2D eigenvalue weighted by atomic mass is 14.9. The van der Waals surface area contributed by atoms with Crippen molar-refractivity contribution in [2.45, 2.75) is 26.8 Å². The summed E-state index contributed by atoms with van der Waals surface area (Å²) in [6.07, 6.45) is 7.33. The second-order valence-corrected chi connectivity index (χ2v) is 3.55. The second-order valence-electron chi connectivity index (χ2n) is 3.55. The Labute approximate surface area is 80.7 Å². The van der Waals surface area contributed by atoms with Crippen molar-refractivity contribution in [2.75, 3.05) is 0 Å². The number of hydrogen-bond donors (Lipinski definition) is 0. The Kier molecular flexibility index (Phi) is 3.69. The Morgan fingerprint density at radius 3 is 2.54 bits per heavy atom. The fourth-order valence-electron chi connectivity index (χ4n) is 1.22. The minimum Gasteiger partial charge on any atom is -0.205 e. The van der Waals surface area contributed by atoms with Gasteiger partial charge in [-0.25, -0.2) is 4.57 Å². The molecule has 0 saturated carbocycles. The van der Waals surface area contributed by atoms with Crippen LogP contribution >= 0.6 is 0 Å². The van der Waals surface area contributed by atoms with E-state index in [1.165, 1.54) is 12.0 Å². The molecule has 0 aliphatic carbocycles. The van der Waals surface area contributed by atoms with E-state index in [9.17, 15) is 0 Å². The lowest BCUT2D eigenvalue weighted by Crippen LogP contribution is -2.35. The van der Waals surface area contributed by atoms with E-state index >= 15 is 0 Å². The van der Waals surface area contributed by atoms with Crippen molar-refractivity contribution in [3.05, 3.63) is 36.7 Å². The lowest BCUT2D eigenvalue weighted by atomic mass is 10.1. The number of rotatable bonds is 4. The van der Waals surface area contributed by atoms with Gasteiger partial charge in [0.1, 0.15) is 0 Å². The zero-order valence-electron chi connectivity index (χ0n) is 8.53. The number of nitrogens with zero attached hydrogens (tertiary/aromatic N) is 1. The van der Waals surface area contributed by atoms with E-state index in [1.807, 2.05) is 6.08 Å². The van der Waals surface area contributed by atoms with Crippen molar-refractivity contribution in [3.63, 3.8) is 0 Å². The van der Waals surface area contributed by atoms with Gasteiger partial charge >= 0.3 is 0 Å². The molecule has 1 heteroatoms. The number of hydrogen-bond acceptors (Lipinski definition) is 0. The molecule has 1 atom stereocenters. The monoisotopic (exact) mass is 176 g/mol. The molecule has 0 unspecified atom stereocenters. The molecule has 0 fully saturated rings. The largest absolute Gasteiger partial charge is 0.205 e. The van der Waals surface area contributed by atoms with Gasteiger partial charge < -0.3 is 0 Å². The van der Waals surface area contributed by atoms with Crippen molar-refractivity contribution in [1.29, 1.82) is 0 Å². The minimum absolute atomic E-state index is 0.750. The van der Waals surface area contributed by atoms with Gasteiger partial charge in [0.25, 0.3) is 0 Å². The van der Waals surface area contributed by atoms with Gasteiger partial charge in [-0.1, -0.05) is 26.5 Å². The first-order chi connectivity index (χ1) is 6.26. The number of pyridine rings is 1. The summed E-state index contributed by atoms with van der Waals surface area (Å²) in [6, 6.07) is 4.19. The Bertz CT molecular complexity index is 261. The Hall–Kier alpha value is -1.11. The SMILES string of the molecule is C=Cc1cc[n+](C[C@@H](C)CC)cc1. The normalized spacial score (nSPS) is 12.5. The van der Waals surface area contributed by atoms with Crippen LogP contribution in [0, 0.1) is 5.92 Å². The zero-order valence-corrected chi connectivity index (χ0v) is 8.53. The summed E-state index contributed by atoms with van der Waals surface area (Å²) in [5.41, 5.74) is 1.18. The van der Waals surface area contributed by atoms with E-state index in [1.54, 1.807) is 0 Å². The van der Waals surface area contributed by atoms with E-state index in [0.29, 0.717) is 0 Å². The molecule has 0 aliphatic rings. The molecule has 1 aromatic rings. The molecule has 0 aromatic carbocycles. The molecule has 1 rings (SSSR count). The summed E-state index contributed by atoms with van der Waals surface area (Å²) in [6.45, 7) is 9.33. The van der Waals surface area contributed by atoms with Gasteiger partial charge in [-0.05, 0) is 12.0 Å². The van der Waals surface area contributed by atoms with Crippen LogP contribution in [0.4, 0.5) is 0 Å². The smallest absolute Gasteiger partial charge is 0.169 e. The van der Waals surface area contributed by atoms with Crippen molar-refractivity contribution in [2.24, 2.45) is 5.92 Å². The maximum absolute atomic E-state index is 3.73. The highest BCUT2D eigenvalue weighted by Crippen LogP contribution is 2.01. The fourth-order valence-corrected chi connectivity index (χ4v) is 1.22. The first kappa shape index (κ1) is 9.97. The highest BCUT2D eigenvalue weighted by Gasteiger charge is 2.05. The molecule has 70 valence electrons. The summed E-state index contributed by atoms with van der Waals surface area (Å²) < 4.78 is 2.22. The van der Waals surface area contributed by atoms with Gasteiger partial charge in [0, 0.05) is 18.1 Å². The lowest BCUT2D eigenvalue weighted by Gasteiger charge is -2.03. The lowest BCUT2D eigenvalue weighted by molar-refractivity contribution is -0.702. The number of aromatic nitrogens is 1. The van der Waals surface area contributed by atoms with Gasteiger partial charge in [0.05, 0.1) is 0 Å². The first-order valence-corrected chi connectivity index (χ1v) is 4.87.